The molecule has 3 unspecified atom stereocenters. The minimum absolute atomic E-state index is 0. The van der Waals surface area contributed by atoms with E-state index >= 15 is 0 Å². The van der Waals surface area contributed by atoms with E-state index in [1.165, 1.54) is 25.0 Å². The molecule has 2 aliphatic rings. The maximum Gasteiger partial charge on any atom is 0.227 e. The Morgan fingerprint density at radius 2 is 2.00 bits per heavy atom. The van der Waals surface area contributed by atoms with Gasteiger partial charge in [0.15, 0.2) is 0 Å². The lowest BCUT2D eigenvalue weighted by atomic mass is 9.96. The van der Waals surface area contributed by atoms with Gasteiger partial charge in [-0.1, -0.05) is 12.1 Å². The van der Waals surface area contributed by atoms with Crippen molar-refractivity contribution in [3.8, 4) is 0 Å². The number of carbonyl (C=O) groups is 1. The van der Waals surface area contributed by atoms with Crippen LogP contribution in [0.2, 0.25) is 0 Å². The van der Waals surface area contributed by atoms with Crippen molar-refractivity contribution in [3.05, 3.63) is 35.6 Å². The first-order valence-corrected chi connectivity index (χ1v) is 7.43. The molecule has 1 aromatic carbocycles. The highest BCUT2D eigenvalue weighted by molar-refractivity contribution is 5.85. The maximum absolute atomic E-state index is 13.2. The summed E-state index contributed by atoms with van der Waals surface area (Å²) in [6.45, 7) is 1.83. The molecule has 21 heavy (non-hydrogen) atoms. The van der Waals surface area contributed by atoms with Crippen molar-refractivity contribution in [1.29, 1.82) is 0 Å². The number of benzene rings is 1. The van der Waals surface area contributed by atoms with E-state index in [-0.39, 0.29) is 36.1 Å². The lowest BCUT2D eigenvalue weighted by molar-refractivity contribution is -0.123. The molecule has 0 saturated carbocycles. The van der Waals surface area contributed by atoms with Crippen molar-refractivity contribution >= 4 is 18.3 Å². The first-order valence-electron chi connectivity index (χ1n) is 7.43. The second-order valence-electron chi connectivity index (χ2n) is 6.09. The Morgan fingerprint density at radius 1 is 1.33 bits per heavy atom. The van der Waals surface area contributed by atoms with Crippen LogP contribution in [-0.2, 0) is 4.79 Å². The van der Waals surface area contributed by atoms with Crippen molar-refractivity contribution in [2.24, 2.45) is 0 Å². The third kappa shape index (κ3) is 3.74. The molecule has 0 radical (unpaired) electrons. The number of rotatable bonds is 3. The number of hydrogen-bond acceptors (Lipinski definition) is 2. The molecule has 0 aliphatic carbocycles. The van der Waals surface area contributed by atoms with E-state index < -0.39 is 0 Å². The van der Waals surface area contributed by atoms with Gasteiger partial charge in [-0.3, -0.25) is 4.79 Å². The summed E-state index contributed by atoms with van der Waals surface area (Å²) in [6.07, 6.45) is 4.46. The predicted molar refractivity (Wildman–Crippen MR) is 83.2 cm³/mol. The Morgan fingerprint density at radius 3 is 2.62 bits per heavy atom. The second kappa shape index (κ2) is 6.75. The summed E-state index contributed by atoms with van der Waals surface area (Å²) >= 11 is 0. The molecule has 2 fully saturated rings. The quantitative estimate of drug-likeness (QED) is 0.901. The van der Waals surface area contributed by atoms with Gasteiger partial charge in [-0.2, -0.15) is 0 Å². The molecule has 1 aromatic rings. The minimum atomic E-state index is -0.307. The molecular weight excluding hydrogens is 291 g/mol. The molecule has 1 amide bonds. The summed E-state index contributed by atoms with van der Waals surface area (Å²) < 4.78 is 13.2. The van der Waals surface area contributed by atoms with Crippen LogP contribution in [0.1, 0.15) is 44.1 Å². The van der Waals surface area contributed by atoms with Crippen LogP contribution in [0.5, 0.6) is 0 Å². The van der Waals surface area contributed by atoms with E-state index in [4.69, 9.17) is 0 Å². The Labute approximate surface area is 131 Å². The van der Waals surface area contributed by atoms with Crippen LogP contribution >= 0.6 is 12.4 Å². The van der Waals surface area contributed by atoms with Gasteiger partial charge >= 0.3 is 0 Å². The number of halogens is 2. The lowest BCUT2D eigenvalue weighted by Crippen LogP contribution is -2.48. The zero-order valence-corrected chi connectivity index (χ0v) is 13.0. The summed E-state index contributed by atoms with van der Waals surface area (Å²) in [5, 5.41) is 6.70. The normalized spacial score (nSPS) is 28.6. The molecule has 2 N–H and O–H groups in total. The molecule has 3 atom stereocenters. The predicted octanol–water partition coefficient (Wildman–Crippen LogP) is 2.75. The molecule has 2 saturated heterocycles. The molecule has 3 rings (SSSR count). The summed E-state index contributed by atoms with van der Waals surface area (Å²) in [5.41, 5.74) is 0.736. The second-order valence-corrected chi connectivity index (χ2v) is 6.09. The Bertz CT molecular complexity index is 499. The Hall–Kier alpha value is -1.13. The Kier molecular flexibility index (Phi) is 5.22. The van der Waals surface area contributed by atoms with Gasteiger partial charge in [0, 0.05) is 18.1 Å². The van der Waals surface area contributed by atoms with Crippen LogP contribution in [0.15, 0.2) is 24.3 Å². The largest absolute Gasteiger partial charge is 0.353 e. The molecule has 116 valence electrons. The van der Waals surface area contributed by atoms with Gasteiger partial charge in [-0.15, -0.1) is 12.4 Å². The zero-order chi connectivity index (χ0) is 14.1. The third-order valence-electron chi connectivity index (χ3n) is 4.56. The summed E-state index contributed by atoms with van der Waals surface area (Å²) in [4.78, 5) is 12.3. The Balaban J connectivity index is 0.00000161. The van der Waals surface area contributed by atoms with E-state index in [1.54, 1.807) is 12.1 Å². The lowest BCUT2D eigenvalue weighted by Gasteiger charge is -2.30. The smallest absolute Gasteiger partial charge is 0.227 e. The van der Waals surface area contributed by atoms with Crippen LogP contribution < -0.4 is 10.6 Å². The number of amides is 1. The minimum Gasteiger partial charge on any atom is -0.353 e. The van der Waals surface area contributed by atoms with Gasteiger partial charge in [0.25, 0.3) is 0 Å². The van der Waals surface area contributed by atoms with E-state index in [2.05, 4.69) is 10.6 Å². The number of nitrogens with one attached hydrogen (secondary N) is 2. The summed E-state index contributed by atoms with van der Waals surface area (Å²) in [5.74, 6) is -0.595. The van der Waals surface area contributed by atoms with Gasteiger partial charge in [0.05, 0.1) is 5.92 Å². The first kappa shape index (κ1) is 16.2. The molecule has 5 heteroatoms. The van der Waals surface area contributed by atoms with Crippen molar-refractivity contribution < 1.29 is 9.18 Å². The highest BCUT2D eigenvalue weighted by Gasteiger charge is 2.34. The van der Waals surface area contributed by atoms with Gasteiger partial charge in [-0.05, 0) is 50.3 Å². The van der Waals surface area contributed by atoms with Crippen molar-refractivity contribution in [2.75, 3.05) is 0 Å². The van der Waals surface area contributed by atoms with Crippen LogP contribution in [0.25, 0.3) is 0 Å². The fraction of sp³-hybridized carbons (Fsp3) is 0.562. The number of hydrogen-bond donors (Lipinski definition) is 2. The third-order valence-corrected chi connectivity index (χ3v) is 4.56. The van der Waals surface area contributed by atoms with Gasteiger partial charge in [0.1, 0.15) is 5.82 Å². The summed E-state index contributed by atoms with van der Waals surface area (Å²) in [7, 11) is 0. The topological polar surface area (TPSA) is 41.1 Å². The van der Waals surface area contributed by atoms with Crippen LogP contribution in [-0.4, -0.2) is 24.0 Å². The van der Waals surface area contributed by atoms with Crippen LogP contribution in [0.4, 0.5) is 4.39 Å². The number of carbonyl (C=O) groups excluding carboxylic acids is 1. The van der Waals surface area contributed by atoms with Gasteiger partial charge in [0.2, 0.25) is 5.91 Å². The SMILES string of the molecule is CC(C(=O)NC1CC2CCC(C1)N2)c1cccc(F)c1.Cl. The van der Waals surface area contributed by atoms with Crippen LogP contribution in [0, 0.1) is 5.82 Å². The number of piperidine rings is 1. The molecule has 2 aliphatic heterocycles. The average molecular weight is 313 g/mol. The van der Waals surface area contributed by atoms with E-state index in [0.717, 1.165) is 18.4 Å². The number of fused-ring (bicyclic) bond motifs is 2. The maximum atomic E-state index is 13.2. The molecule has 3 nitrogen and oxygen atoms in total. The van der Waals surface area contributed by atoms with Crippen LogP contribution in [0.3, 0.4) is 0 Å². The fourth-order valence-electron chi connectivity index (χ4n) is 3.43. The highest BCUT2D eigenvalue weighted by atomic mass is 35.5. The zero-order valence-electron chi connectivity index (χ0n) is 12.1. The van der Waals surface area contributed by atoms with Crippen molar-refractivity contribution in [3.63, 3.8) is 0 Å². The monoisotopic (exact) mass is 312 g/mol. The van der Waals surface area contributed by atoms with E-state index in [1.807, 2.05) is 6.92 Å². The molecular formula is C16H22ClFN2O. The molecule has 2 bridgehead atoms. The highest BCUT2D eigenvalue weighted by Crippen LogP contribution is 2.27. The fourth-order valence-corrected chi connectivity index (χ4v) is 3.43. The first-order chi connectivity index (χ1) is 9.61. The van der Waals surface area contributed by atoms with Gasteiger partial charge < -0.3 is 10.6 Å². The van der Waals surface area contributed by atoms with E-state index in [9.17, 15) is 9.18 Å². The molecule has 0 spiro atoms. The molecule has 2 heterocycles. The van der Waals surface area contributed by atoms with Crippen molar-refractivity contribution in [1.82, 2.24) is 10.6 Å². The molecule has 0 aromatic heterocycles. The van der Waals surface area contributed by atoms with Gasteiger partial charge in [-0.25, -0.2) is 4.39 Å². The van der Waals surface area contributed by atoms with Crippen molar-refractivity contribution in [2.45, 2.75) is 56.7 Å². The summed E-state index contributed by atoms with van der Waals surface area (Å²) in [6, 6.07) is 7.68. The average Bonchev–Trinajstić information content (AvgIpc) is 2.77. The van der Waals surface area contributed by atoms with E-state index in [0.29, 0.717) is 12.1 Å². The standard InChI is InChI=1S/C16H21FN2O.ClH/c1-10(11-3-2-4-12(17)7-11)16(20)19-15-8-13-5-6-14(9-15)18-13;/h2-4,7,10,13-15,18H,5-6,8-9H2,1H3,(H,19,20);1H.